The van der Waals surface area contributed by atoms with Gasteiger partial charge in [0, 0.05) is 36.9 Å². The third-order valence-corrected chi connectivity index (χ3v) is 5.80. The van der Waals surface area contributed by atoms with Gasteiger partial charge < -0.3 is 10.2 Å². The maximum absolute atomic E-state index is 12.4. The number of aromatic nitrogens is 2. The Morgan fingerprint density at radius 2 is 2.04 bits per heavy atom. The fourth-order valence-electron chi connectivity index (χ4n) is 3.31. The Morgan fingerprint density at radius 3 is 2.81 bits per heavy atom. The van der Waals surface area contributed by atoms with Crippen LogP contribution in [0.15, 0.2) is 36.0 Å². The number of amides is 1. The lowest BCUT2D eigenvalue weighted by atomic mass is 10.2. The van der Waals surface area contributed by atoms with E-state index in [1.807, 2.05) is 24.4 Å². The minimum atomic E-state index is -0.00358. The third kappa shape index (κ3) is 4.05. The highest BCUT2D eigenvalue weighted by Crippen LogP contribution is 2.27. The van der Waals surface area contributed by atoms with Crippen LogP contribution in [0.5, 0.6) is 0 Å². The van der Waals surface area contributed by atoms with Crippen LogP contribution in [0, 0.1) is 6.92 Å². The van der Waals surface area contributed by atoms with Crippen LogP contribution in [-0.4, -0.2) is 53.5 Å². The Kier molecular flexibility index (Phi) is 5.24. The lowest BCUT2D eigenvalue weighted by Gasteiger charge is -2.35. The first-order valence-electron chi connectivity index (χ1n) is 8.81. The Bertz CT molecular complexity index is 968. The molecule has 0 spiro atoms. The zero-order valence-electron chi connectivity index (χ0n) is 15.0. The highest BCUT2D eigenvalue weighted by Gasteiger charge is 2.21. The first-order chi connectivity index (χ1) is 13.1. The van der Waals surface area contributed by atoms with Gasteiger partial charge in [-0.2, -0.15) is 0 Å². The van der Waals surface area contributed by atoms with Gasteiger partial charge in [-0.25, -0.2) is 9.97 Å². The van der Waals surface area contributed by atoms with E-state index in [9.17, 15) is 4.79 Å². The van der Waals surface area contributed by atoms with Gasteiger partial charge in [0.25, 0.3) is 0 Å². The molecule has 0 saturated carbocycles. The number of fused-ring (bicyclic) bond motifs is 1. The average molecular weight is 402 g/mol. The van der Waals surface area contributed by atoms with E-state index < -0.39 is 0 Å². The van der Waals surface area contributed by atoms with E-state index in [4.69, 9.17) is 11.6 Å². The molecule has 0 atom stereocenters. The molecule has 0 unspecified atom stereocenters. The molecule has 1 amide bonds. The smallest absolute Gasteiger partial charge is 0.238 e. The number of nitrogens with zero attached hydrogens (tertiary/aromatic N) is 4. The fraction of sp³-hybridized carbons (Fsp3) is 0.316. The number of piperazine rings is 1. The van der Waals surface area contributed by atoms with Crippen molar-refractivity contribution in [2.24, 2.45) is 0 Å². The molecule has 1 aliphatic heterocycles. The molecule has 0 bridgehead atoms. The summed E-state index contributed by atoms with van der Waals surface area (Å²) >= 11 is 7.60. The molecule has 3 aromatic rings. The molecule has 1 saturated heterocycles. The van der Waals surface area contributed by atoms with Crippen LogP contribution in [0.4, 0.5) is 11.5 Å². The summed E-state index contributed by atoms with van der Waals surface area (Å²) in [7, 11) is 0. The van der Waals surface area contributed by atoms with E-state index in [1.165, 1.54) is 0 Å². The average Bonchev–Trinajstić information content (AvgIpc) is 3.13. The molecule has 0 aliphatic carbocycles. The van der Waals surface area contributed by atoms with Crippen molar-refractivity contribution in [3.63, 3.8) is 0 Å². The second-order valence-electron chi connectivity index (χ2n) is 6.61. The molecular formula is C19H20ClN5OS. The van der Waals surface area contributed by atoms with Gasteiger partial charge in [-0.15, -0.1) is 11.3 Å². The highest BCUT2D eigenvalue weighted by molar-refractivity contribution is 7.16. The summed E-state index contributed by atoms with van der Waals surface area (Å²) < 4.78 is 0. The summed E-state index contributed by atoms with van der Waals surface area (Å²) in [5, 5.41) is 6.80. The molecule has 4 rings (SSSR count). The van der Waals surface area contributed by atoms with E-state index in [-0.39, 0.29) is 5.91 Å². The van der Waals surface area contributed by atoms with Gasteiger partial charge in [-0.1, -0.05) is 11.6 Å². The number of hydrogen-bond acceptors (Lipinski definition) is 6. The molecule has 1 aromatic carbocycles. The normalized spacial score (nSPS) is 15.3. The Balaban J connectivity index is 1.34. The molecule has 1 N–H and O–H groups in total. The molecule has 0 radical (unpaired) electrons. The lowest BCUT2D eigenvalue weighted by molar-refractivity contribution is -0.117. The summed E-state index contributed by atoms with van der Waals surface area (Å²) in [6.45, 7) is 5.65. The van der Waals surface area contributed by atoms with Crippen molar-refractivity contribution in [2.75, 3.05) is 42.9 Å². The van der Waals surface area contributed by atoms with E-state index in [0.717, 1.165) is 53.5 Å². The Hall–Kier alpha value is -2.22. The number of hydrogen-bond donors (Lipinski definition) is 1. The number of rotatable bonds is 4. The number of carbonyl (C=O) groups is 1. The molecule has 6 nitrogen and oxygen atoms in total. The topological polar surface area (TPSA) is 61.4 Å². The molecule has 3 heterocycles. The minimum absolute atomic E-state index is 0.00358. The summed E-state index contributed by atoms with van der Waals surface area (Å²) in [5.41, 5.74) is 1.77. The predicted octanol–water partition coefficient (Wildman–Crippen LogP) is 3.41. The summed E-state index contributed by atoms with van der Waals surface area (Å²) in [5.74, 6) is 0.985. The lowest BCUT2D eigenvalue weighted by Crippen LogP contribution is -2.49. The largest absolute Gasteiger partial charge is 0.353 e. The van der Waals surface area contributed by atoms with Crippen LogP contribution >= 0.6 is 22.9 Å². The number of anilines is 2. The summed E-state index contributed by atoms with van der Waals surface area (Å²) in [6.07, 6.45) is 1.63. The number of benzene rings is 1. The van der Waals surface area contributed by atoms with Crippen molar-refractivity contribution in [3.8, 4) is 0 Å². The minimum Gasteiger partial charge on any atom is -0.353 e. The zero-order valence-corrected chi connectivity index (χ0v) is 16.6. The van der Waals surface area contributed by atoms with Crippen molar-refractivity contribution in [3.05, 3.63) is 46.6 Å². The predicted molar refractivity (Wildman–Crippen MR) is 111 cm³/mol. The second kappa shape index (κ2) is 7.80. The van der Waals surface area contributed by atoms with Gasteiger partial charge in [0.1, 0.15) is 17.0 Å². The van der Waals surface area contributed by atoms with Crippen molar-refractivity contribution in [1.82, 2.24) is 14.9 Å². The summed E-state index contributed by atoms with van der Waals surface area (Å²) in [6, 6.07) is 7.55. The number of carbonyl (C=O) groups excluding carboxylic acids is 1. The molecule has 140 valence electrons. The maximum Gasteiger partial charge on any atom is 0.238 e. The van der Waals surface area contributed by atoms with Gasteiger partial charge in [-0.05, 0) is 42.1 Å². The monoisotopic (exact) mass is 401 g/mol. The molecule has 2 aromatic heterocycles. The van der Waals surface area contributed by atoms with Gasteiger partial charge in [0.05, 0.1) is 11.9 Å². The number of halogens is 1. The van der Waals surface area contributed by atoms with Crippen molar-refractivity contribution >= 4 is 50.6 Å². The SMILES string of the molecule is Cc1cc(Cl)ccc1NC(=O)CN1CCN(c2ncnc3sccc23)CC1. The van der Waals surface area contributed by atoms with Crippen LogP contribution in [0.2, 0.25) is 5.02 Å². The zero-order chi connectivity index (χ0) is 18.8. The van der Waals surface area contributed by atoms with Crippen molar-refractivity contribution in [2.45, 2.75) is 6.92 Å². The van der Waals surface area contributed by atoms with E-state index in [2.05, 4.69) is 31.2 Å². The number of thiophene rings is 1. The van der Waals surface area contributed by atoms with Crippen LogP contribution in [0.1, 0.15) is 5.56 Å². The quantitative estimate of drug-likeness (QED) is 0.725. The maximum atomic E-state index is 12.4. The van der Waals surface area contributed by atoms with Crippen molar-refractivity contribution < 1.29 is 4.79 Å². The Morgan fingerprint density at radius 1 is 1.22 bits per heavy atom. The first-order valence-corrected chi connectivity index (χ1v) is 10.1. The molecule has 8 heteroatoms. The molecule has 1 aliphatic rings. The fourth-order valence-corrected chi connectivity index (χ4v) is 4.26. The van der Waals surface area contributed by atoms with Gasteiger partial charge in [0.2, 0.25) is 5.91 Å². The molecule has 27 heavy (non-hydrogen) atoms. The third-order valence-electron chi connectivity index (χ3n) is 4.74. The standard InChI is InChI=1S/C19H20ClN5OS/c1-13-10-14(20)2-3-16(13)23-17(26)11-24-5-7-25(8-6-24)18-15-4-9-27-19(15)22-12-21-18/h2-4,9-10,12H,5-8,11H2,1H3,(H,23,26). The van der Waals surface area contributed by atoms with Crippen molar-refractivity contribution in [1.29, 1.82) is 0 Å². The molecular weight excluding hydrogens is 382 g/mol. The number of aryl methyl sites for hydroxylation is 1. The van der Waals surface area contributed by atoms with E-state index in [1.54, 1.807) is 23.7 Å². The summed E-state index contributed by atoms with van der Waals surface area (Å²) in [4.78, 5) is 26.6. The van der Waals surface area contributed by atoms with E-state index >= 15 is 0 Å². The first kappa shape index (κ1) is 18.2. The molecule has 1 fully saturated rings. The van der Waals surface area contributed by atoms with Gasteiger partial charge in [0.15, 0.2) is 0 Å². The number of nitrogens with one attached hydrogen (secondary N) is 1. The van der Waals surface area contributed by atoms with Crippen LogP contribution < -0.4 is 10.2 Å². The second-order valence-corrected chi connectivity index (χ2v) is 7.94. The van der Waals surface area contributed by atoms with Gasteiger partial charge >= 0.3 is 0 Å². The van der Waals surface area contributed by atoms with Crippen LogP contribution in [0.3, 0.4) is 0 Å². The van der Waals surface area contributed by atoms with E-state index in [0.29, 0.717) is 11.6 Å². The Labute approximate surface area is 166 Å². The van der Waals surface area contributed by atoms with Crippen LogP contribution in [0.25, 0.3) is 10.2 Å². The van der Waals surface area contributed by atoms with Crippen LogP contribution in [-0.2, 0) is 4.79 Å². The van der Waals surface area contributed by atoms with Gasteiger partial charge in [-0.3, -0.25) is 9.69 Å². The highest BCUT2D eigenvalue weighted by atomic mass is 35.5.